The van der Waals surface area contributed by atoms with E-state index in [1.807, 2.05) is 43.5 Å². The summed E-state index contributed by atoms with van der Waals surface area (Å²) in [5, 5.41) is 0.330. The molecule has 0 N–H and O–H groups in total. The third kappa shape index (κ3) is 5.40. The highest BCUT2D eigenvalue weighted by Crippen LogP contribution is 2.40. The Morgan fingerprint density at radius 1 is 1.06 bits per heavy atom. The number of rotatable bonds is 2. The predicted molar refractivity (Wildman–Crippen MR) is 119 cm³/mol. The Morgan fingerprint density at radius 2 is 1.87 bits per heavy atom. The third-order valence-electron chi connectivity index (χ3n) is 5.84. The zero-order valence-corrected chi connectivity index (χ0v) is 19.4. The van der Waals surface area contributed by atoms with E-state index in [0.29, 0.717) is 18.3 Å². The number of carbonyl (C=O) groups excluding carboxylic acids is 2. The van der Waals surface area contributed by atoms with Gasteiger partial charge < -0.3 is 24.0 Å². The first-order valence-corrected chi connectivity index (χ1v) is 12.1. The van der Waals surface area contributed by atoms with Crippen molar-refractivity contribution in [1.29, 1.82) is 0 Å². The van der Waals surface area contributed by atoms with Gasteiger partial charge in [0.2, 0.25) is 12.7 Å². The molecule has 7 nitrogen and oxygen atoms in total. The number of benzene rings is 1. The first kappa shape index (κ1) is 22.1. The number of carbonyl (C=O) groups is 2. The summed E-state index contributed by atoms with van der Waals surface area (Å²) >= 11 is 1.89. The van der Waals surface area contributed by atoms with Crippen LogP contribution in [0.5, 0.6) is 11.5 Å². The van der Waals surface area contributed by atoms with Gasteiger partial charge in [0.1, 0.15) is 5.60 Å². The molecule has 2 saturated heterocycles. The number of piperidine rings is 1. The Balaban J connectivity index is 1.34. The first-order chi connectivity index (χ1) is 14.8. The van der Waals surface area contributed by atoms with Gasteiger partial charge in [-0.05, 0) is 57.7 Å². The first-order valence-electron chi connectivity index (χ1n) is 11.1. The second kappa shape index (κ2) is 9.18. The quantitative estimate of drug-likeness (QED) is 0.679. The van der Waals surface area contributed by atoms with Gasteiger partial charge in [-0.25, -0.2) is 4.79 Å². The summed E-state index contributed by atoms with van der Waals surface area (Å²) in [5.41, 5.74) is 0.692. The minimum absolute atomic E-state index is 0.145. The van der Waals surface area contributed by atoms with E-state index in [-0.39, 0.29) is 24.7 Å². The summed E-state index contributed by atoms with van der Waals surface area (Å²) in [5.74, 6) is 2.52. The van der Waals surface area contributed by atoms with Crippen LogP contribution in [0.15, 0.2) is 18.2 Å². The molecule has 2 atom stereocenters. The SMILES string of the molecule is CC(C)(C)OC(=O)N1CCCC(C(=O)N2CCSC(c3ccc4c(c3)OCO4)CC2)C1. The maximum absolute atomic E-state index is 13.3. The largest absolute Gasteiger partial charge is 0.454 e. The summed E-state index contributed by atoms with van der Waals surface area (Å²) < 4.78 is 16.4. The van der Waals surface area contributed by atoms with Crippen LogP contribution < -0.4 is 9.47 Å². The Kier molecular flexibility index (Phi) is 6.55. The molecule has 8 heteroatoms. The number of likely N-dealkylation sites (tertiary alicyclic amines) is 1. The van der Waals surface area contributed by atoms with Crippen LogP contribution in [0, 0.1) is 5.92 Å². The Morgan fingerprint density at radius 3 is 2.68 bits per heavy atom. The van der Waals surface area contributed by atoms with Crippen molar-refractivity contribution in [3.05, 3.63) is 23.8 Å². The highest BCUT2D eigenvalue weighted by atomic mass is 32.2. The molecule has 3 aliphatic rings. The molecule has 0 aromatic heterocycles. The van der Waals surface area contributed by atoms with Crippen molar-refractivity contribution in [2.75, 3.05) is 38.7 Å². The number of amides is 2. The smallest absolute Gasteiger partial charge is 0.410 e. The van der Waals surface area contributed by atoms with Gasteiger partial charge in [0, 0.05) is 37.2 Å². The minimum atomic E-state index is -0.528. The lowest BCUT2D eigenvalue weighted by Crippen LogP contribution is -2.48. The summed E-state index contributed by atoms with van der Waals surface area (Å²) in [6, 6.07) is 6.14. The Bertz CT molecular complexity index is 825. The maximum atomic E-state index is 13.3. The summed E-state index contributed by atoms with van der Waals surface area (Å²) in [6.07, 6.45) is 2.24. The predicted octanol–water partition coefficient (Wildman–Crippen LogP) is 4.07. The van der Waals surface area contributed by atoms with E-state index in [4.69, 9.17) is 14.2 Å². The zero-order valence-electron chi connectivity index (χ0n) is 18.6. The van der Waals surface area contributed by atoms with Gasteiger partial charge in [-0.15, -0.1) is 0 Å². The minimum Gasteiger partial charge on any atom is -0.454 e. The summed E-state index contributed by atoms with van der Waals surface area (Å²) in [6.45, 7) is 8.44. The standard InChI is InChI=1S/C23H32N2O5S/c1-23(2,3)30-22(27)25-9-4-5-17(14-25)21(26)24-10-8-20(31-12-11-24)16-6-7-18-19(13-16)29-15-28-18/h6-7,13,17,20H,4-5,8-12,14-15H2,1-3H3. The van der Waals surface area contributed by atoms with E-state index in [1.165, 1.54) is 5.56 Å². The molecule has 31 heavy (non-hydrogen) atoms. The van der Waals surface area contributed by atoms with Crippen LogP contribution >= 0.6 is 11.8 Å². The highest BCUT2D eigenvalue weighted by molar-refractivity contribution is 7.99. The molecule has 170 valence electrons. The fraction of sp³-hybridized carbons (Fsp3) is 0.652. The van der Waals surface area contributed by atoms with Gasteiger partial charge in [0.25, 0.3) is 0 Å². The van der Waals surface area contributed by atoms with E-state index in [2.05, 4.69) is 12.1 Å². The second-order valence-electron chi connectivity index (χ2n) is 9.35. The lowest BCUT2D eigenvalue weighted by atomic mass is 9.96. The van der Waals surface area contributed by atoms with E-state index >= 15 is 0 Å². The van der Waals surface area contributed by atoms with Gasteiger partial charge in [0.05, 0.1) is 5.92 Å². The van der Waals surface area contributed by atoms with Crippen molar-refractivity contribution in [3.8, 4) is 11.5 Å². The van der Waals surface area contributed by atoms with Crippen LogP contribution in [0.1, 0.15) is 50.8 Å². The summed E-state index contributed by atoms with van der Waals surface area (Å²) in [4.78, 5) is 29.4. The normalized spacial score (nSPS) is 24.0. The molecule has 2 amide bonds. The van der Waals surface area contributed by atoms with Crippen molar-refractivity contribution >= 4 is 23.8 Å². The van der Waals surface area contributed by atoms with Gasteiger partial charge in [0.15, 0.2) is 11.5 Å². The van der Waals surface area contributed by atoms with Crippen molar-refractivity contribution in [1.82, 2.24) is 9.80 Å². The fourth-order valence-electron chi connectivity index (χ4n) is 4.30. The van der Waals surface area contributed by atoms with Crippen LogP contribution in [0.2, 0.25) is 0 Å². The number of ether oxygens (including phenoxy) is 3. The number of hydrogen-bond acceptors (Lipinski definition) is 6. The fourth-order valence-corrected chi connectivity index (χ4v) is 5.52. The lowest BCUT2D eigenvalue weighted by Gasteiger charge is -2.35. The van der Waals surface area contributed by atoms with E-state index < -0.39 is 5.60 Å². The Labute approximate surface area is 188 Å². The maximum Gasteiger partial charge on any atom is 0.410 e. The molecule has 0 radical (unpaired) electrons. The van der Waals surface area contributed by atoms with Gasteiger partial charge in [-0.2, -0.15) is 11.8 Å². The van der Waals surface area contributed by atoms with Gasteiger partial charge in [-0.3, -0.25) is 4.79 Å². The highest BCUT2D eigenvalue weighted by Gasteiger charge is 2.34. The molecule has 0 saturated carbocycles. The van der Waals surface area contributed by atoms with Gasteiger partial charge >= 0.3 is 6.09 Å². The molecule has 3 aliphatic heterocycles. The number of hydrogen-bond donors (Lipinski definition) is 0. The Hall–Kier alpha value is -2.09. The molecular formula is C23H32N2O5S. The third-order valence-corrected chi connectivity index (χ3v) is 7.17. The van der Waals surface area contributed by atoms with Crippen LogP contribution in [0.4, 0.5) is 4.79 Å². The van der Waals surface area contributed by atoms with Crippen LogP contribution in [-0.2, 0) is 9.53 Å². The average molecular weight is 449 g/mol. The molecule has 2 fully saturated rings. The van der Waals surface area contributed by atoms with E-state index in [0.717, 1.165) is 49.6 Å². The molecule has 1 aromatic carbocycles. The second-order valence-corrected chi connectivity index (χ2v) is 10.7. The molecule has 0 spiro atoms. The molecule has 2 unspecified atom stereocenters. The van der Waals surface area contributed by atoms with E-state index in [1.54, 1.807) is 4.90 Å². The molecular weight excluding hydrogens is 416 g/mol. The zero-order chi connectivity index (χ0) is 22.0. The molecule has 4 rings (SSSR count). The number of fused-ring (bicyclic) bond motifs is 1. The van der Waals surface area contributed by atoms with Crippen molar-refractivity contribution in [2.24, 2.45) is 5.92 Å². The number of nitrogens with zero attached hydrogens (tertiary/aromatic N) is 2. The number of thioether (sulfide) groups is 1. The van der Waals surface area contributed by atoms with Crippen LogP contribution in [0.3, 0.4) is 0 Å². The molecule has 0 aliphatic carbocycles. The van der Waals surface area contributed by atoms with Crippen molar-refractivity contribution in [2.45, 2.75) is 50.9 Å². The molecule has 1 aromatic rings. The van der Waals surface area contributed by atoms with Crippen molar-refractivity contribution in [3.63, 3.8) is 0 Å². The monoisotopic (exact) mass is 448 g/mol. The van der Waals surface area contributed by atoms with E-state index in [9.17, 15) is 9.59 Å². The molecule has 0 bridgehead atoms. The van der Waals surface area contributed by atoms with Crippen LogP contribution in [0.25, 0.3) is 0 Å². The summed E-state index contributed by atoms with van der Waals surface area (Å²) in [7, 11) is 0. The van der Waals surface area contributed by atoms with Gasteiger partial charge in [-0.1, -0.05) is 6.07 Å². The van der Waals surface area contributed by atoms with Crippen LogP contribution in [-0.4, -0.2) is 66.1 Å². The van der Waals surface area contributed by atoms with Crippen molar-refractivity contribution < 1.29 is 23.8 Å². The molecule has 3 heterocycles. The topological polar surface area (TPSA) is 68.3 Å². The average Bonchev–Trinajstić information content (AvgIpc) is 3.07. The lowest BCUT2D eigenvalue weighted by molar-refractivity contribution is -0.136.